The van der Waals surface area contributed by atoms with Crippen LogP contribution in [-0.4, -0.2) is 16.1 Å². The Morgan fingerprint density at radius 2 is 1.94 bits per heavy atom. The van der Waals surface area contributed by atoms with Gasteiger partial charge in [-0.2, -0.15) is 0 Å². The van der Waals surface area contributed by atoms with Gasteiger partial charge in [-0.3, -0.25) is 4.98 Å². The van der Waals surface area contributed by atoms with Gasteiger partial charge >= 0.3 is 5.97 Å². The van der Waals surface area contributed by atoms with Gasteiger partial charge in [0, 0.05) is 23.5 Å². The number of hydrogen-bond donors (Lipinski definition) is 1. The van der Waals surface area contributed by atoms with Gasteiger partial charge in [0.25, 0.3) is 0 Å². The fraction of sp³-hybridized carbons (Fsp3) is 0. The first-order valence-corrected chi connectivity index (χ1v) is 4.73. The SMILES string of the molecule is O=C(O)c1ccc(-c2cccnc2)c(F)c1F. The molecule has 0 aliphatic rings. The highest BCUT2D eigenvalue weighted by atomic mass is 19.2. The minimum Gasteiger partial charge on any atom is -0.478 e. The van der Waals surface area contributed by atoms with Crippen molar-refractivity contribution in [2.75, 3.05) is 0 Å². The second-order valence-electron chi connectivity index (χ2n) is 3.34. The number of pyridine rings is 1. The normalized spacial score (nSPS) is 10.2. The smallest absolute Gasteiger partial charge is 0.338 e. The van der Waals surface area contributed by atoms with E-state index in [2.05, 4.69) is 4.98 Å². The molecule has 0 aliphatic carbocycles. The van der Waals surface area contributed by atoms with Crippen LogP contribution in [0.5, 0.6) is 0 Å². The Kier molecular flexibility index (Phi) is 2.82. The van der Waals surface area contributed by atoms with Crippen LogP contribution in [-0.2, 0) is 0 Å². The van der Waals surface area contributed by atoms with Gasteiger partial charge in [0.2, 0.25) is 0 Å². The van der Waals surface area contributed by atoms with Crippen LogP contribution in [0.3, 0.4) is 0 Å². The number of benzene rings is 1. The third-order valence-electron chi connectivity index (χ3n) is 2.29. The summed E-state index contributed by atoms with van der Waals surface area (Å²) in [5.74, 6) is -4.05. The molecule has 0 fully saturated rings. The van der Waals surface area contributed by atoms with Crippen LogP contribution < -0.4 is 0 Å². The van der Waals surface area contributed by atoms with Gasteiger partial charge < -0.3 is 5.11 Å². The maximum absolute atomic E-state index is 13.6. The minimum atomic E-state index is -1.50. The van der Waals surface area contributed by atoms with Crippen molar-refractivity contribution in [3.63, 3.8) is 0 Å². The highest BCUT2D eigenvalue weighted by Gasteiger charge is 2.18. The van der Waals surface area contributed by atoms with Crippen molar-refractivity contribution >= 4 is 5.97 Å². The molecule has 0 aliphatic heterocycles. The molecule has 0 radical (unpaired) electrons. The van der Waals surface area contributed by atoms with Crippen molar-refractivity contribution < 1.29 is 18.7 Å². The van der Waals surface area contributed by atoms with E-state index in [0.29, 0.717) is 5.56 Å². The summed E-state index contributed by atoms with van der Waals surface area (Å²) in [5.41, 5.74) is -0.309. The number of nitrogens with zero attached hydrogens (tertiary/aromatic N) is 1. The molecule has 2 rings (SSSR count). The Bertz CT molecular complexity index is 570. The summed E-state index contributed by atoms with van der Waals surface area (Å²) in [6.45, 7) is 0. The second kappa shape index (κ2) is 4.29. The standard InChI is InChI=1S/C12H7F2NO2/c13-10-8(7-2-1-5-15-6-7)3-4-9(11(10)14)12(16)17/h1-6H,(H,16,17). The van der Waals surface area contributed by atoms with Crippen molar-refractivity contribution in [1.82, 2.24) is 4.98 Å². The van der Waals surface area contributed by atoms with Gasteiger partial charge in [0.05, 0.1) is 5.56 Å². The van der Waals surface area contributed by atoms with Crippen LogP contribution in [0.2, 0.25) is 0 Å². The van der Waals surface area contributed by atoms with Crippen molar-refractivity contribution in [3.05, 3.63) is 53.9 Å². The average molecular weight is 235 g/mol. The molecule has 0 saturated carbocycles. The predicted octanol–water partition coefficient (Wildman–Crippen LogP) is 2.73. The number of aromatic carboxylic acids is 1. The number of rotatable bonds is 2. The Morgan fingerprint density at radius 1 is 1.18 bits per heavy atom. The lowest BCUT2D eigenvalue weighted by atomic mass is 10.0. The zero-order valence-electron chi connectivity index (χ0n) is 8.52. The summed E-state index contributed by atoms with van der Waals surface area (Å²) in [5, 5.41) is 8.63. The molecule has 0 atom stereocenters. The summed E-state index contributed by atoms with van der Waals surface area (Å²) in [4.78, 5) is 14.4. The van der Waals surface area contributed by atoms with Crippen LogP contribution in [0.4, 0.5) is 8.78 Å². The van der Waals surface area contributed by atoms with E-state index >= 15 is 0 Å². The number of halogens is 2. The average Bonchev–Trinajstić information content (AvgIpc) is 2.33. The molecule has 1 aromatic carbocycles. The fourth-order valence-corrected chi connectivity index (χ4v) is 1.46. The van der Waals surface area contributed by atoms with Crippen molar-refractivity contribution in [2.45, 2.75) is 0 Å². The highest BCUT2D eigenvalue weighted by Crippen LogP contribution is 2.25. The monoisotopic (exact) mass is 235 g/mol. The Hall–Kier alpha value is -2.30. The molecular formula is C12H7F2NO2. The molecule has 0 unspecified atom stereocenters. The second-order valence-corrected chi connectivity index (χ2v) is 3.34. The third kappa shape index (κ3) is 1.99. The minimum absolute atomic E-state index is 0.0133. The molecule has 0 spiro atoms. The zero-order chi connectivity index (χ0) is 12.4. The lowest BCUT2D eigenvalue weighted by molar-refractivity contribution is 0.0690. The van der Waals surface area contributed by atoms with E-state index in [4.69, 9.17) is 5.11 Å². The number of carboxylic acid groups (broad SMARTS) is 1. The maximum Gasteiger partial charge on any atom is 0.338 e. The zero-order valence-corrected chi connectivity index (χ0v) is 8.52. The Balaban J connectivity index is 2.60. The van der Waals surface area contributed by atoms with E-state index in [1.165, 1.54) is 18.5 Å². The summed E-state index contributed by atoms with van der Waals surface area (Å²) in [7, 11) is 0. The topological polar surface area (TPSA) is 50.2 Å². The van der Waals surface area contributed by atoms with Gasteiger partial charge in [-0.25, -0.2) is 13.6 Å². The Labute approximate surface area is 95.4 Å². The van der Waals surface area contributed by atoms with E-state index < -0.39 is 23.2 Å². The molecule has 86 valence electrons. The molecule has 1 aromatic heterocycles. The van der Waals surface area contributed by atoms with Gasteiger partial charge in [-0.05, 0) is 12.1 Å². The van der Waals surface area contributed by atoms with Crippen LogP contribution in [0, 0.1) is 11.6 Å². The number of carbonyl (C=O) groups is 1. The van der Waals surface area contributed by atoms with Gasteiger partial charge in [0.1, 0.15) is 0 Å². The summed E-state index contributed by atoms with van der Waals surface area (Å²) in [6.07, 6.45) is 2.88. The van der Waals surface area contributed by atoms with Crippen LogP contribution >= 0.6 is 0 Å². The van der Waals surface area contributed by atoms with Crippen molar-refractivity contribution in [1.29, 1.82) is 0 Å². The van der Waals surface area contributed by atoms with Crippen LogP contribution in [0.15, 0.2) is 36.7 Å². The van der Waals surface area contributed by atoms with E-state index in [0.717, 1.165) is 6.07 Å². The molecule has 1 N–H and O–H groups in total. The predicted molar refractivity (Wildman–Crippen MR) is 56.5 cm³/mol. The largest absolute Gasteiger partial charge is 0.478 e. The first-order chi connectivity index (χ1) is 8.11. The molecule has 0 bridgehead atoms. The lowest BCUT2D eigenvalue weighted by Gasteiger charge is -2.05. The van der Waals surface area contributed by atoms with E-state index in [1.807, 2.05) is 0 Å². The van der Waals surface area contributed by atoms with Crippen LogP contribution in [0.25, 0.3) is 11.1 Å². The lowest BCUT2D eigenvalue weighted by Crippen LogP contribution is -2.03. The molecular weight excluding hydrogens is 228 g/mol. The Morgan fingerprint density at radius 3 is 2.53 bits per heavy atom. The molecule has 1 heterocycles. The molecule has 0 amide bonds. The van der Waals surface area contributed by atoms with Crippen molar-refractivity contribution in [3.8, 4) is 11.1 Å². The first kappa shape index (κ1) is 11.2. The first-order valence-electron chi connectivity index (χ1n) is 4.73. The summed E-state index contributed by atoms with van der Waals surface area (Å²) >= 11 is 0. The fourth-order valence-electron chi connectivity index (χ4n) is 1.46. The molecule has 3 nitrogen and oxygen atoms in total. The van der Waals surface area contributed by atoms with E-state index in [1.54, 1.807) is 12.1 Å². The number of hydrogen-bond acceptors (Lipinski definition) is 2. The summed E-state index contributed by atoms with van der Waals surface area (Å²) in [6, 6.07) is 5.39. The number of aromatic nitrogens is 1. The van der Waals surface area contributed by atoms with Crippen LogP contribution in [0.1, 0.15) is 10.4 Å². The molecule has 5 heteroatoms. The highest BCUT2D eigenvalue weighted by molar-refractivity contribution is 5.88. The van der Waals surface area contributed by atoms with E-state index in [9.17, 15) is 13.6 Å². The molecule has 0 saturated heterocycles. The molecule has 2 aromatic rings. The quantitative estimate of drug-likeness (QED) is 0.870. The van der Waals surface area contributed by atoms with Gasteiger partial charge in [0.15, 0.2) is 11.6 Å². The van der Waals surface area contributed by atoms with Gasteiger partial charge in [-0.15, -0.1) is 0 Å². The van der Waals surface area contributed by atoms with Crippen molar-refractivity contribution in [2.24, 2.45) is 0 Å². The summed E-state index contributed by atoms with van der Waals surface area (Å²) < 4.78 is 27.1. The number of carboxylic acids is 1. The third-order valence-corrected chi connectivity index (χ3v) is 2.29. The molecule has 17 heavy (non-hydrogen) atoms. The van der Waals surface area contributed by atoms with E-state index in [-0.39, 0.29) is 5.56 Å². The van der Waals surface area contributed by atoms with Gasteiger partial charge in [-0.1, -0.05) is 12.1 Å². The maximum atomic E-state index is 13.6.